The van der Waals surface area contributed by atoms with Gasteiger partial charge < -0.3 is 9.64 Å². The van der Waals surface area contributed by atoms with Gasteiger partial charge in [0.2, 0.25) is 16.4 Å². The highest BCUT2D eigenvalue weighted by Crippen LogP contribution is 2.27. The third kappa shape index (κ3) is 3.30. The molecule has 3 rings (SSSR count). The van der Waals surface area contributed by atoms with Crippen molar-refractivity contribution < 1.29 is 4.74 Å². The molecule has 0 atom stereocenters. The van der Waals surface area contributed by atoms with E-state index < -0.39 is 0 Å². The fourth-order valence-corrected chi connectivity index (χ4v) is 3.09. The van der Waals surface area contributed by atoms with Gasteiger partial charge in [-0.25, -0.2) is 0 Å². The number of aromatic nitrogens is 5. The first kappa shape index (κ1) is 13.0. The second-order valence-electron chi connectivity index (χ2n) is 3.59. The quantitative estimate of drug-likeness (QED) is 0.840. The second kappa shape index (κ2) is 5.95. The van der Waals surface area contributed by atoms with E-state index in [0.717, 1.165) is 17.4 Å². The Labute approximate surface area is 122 Å². The molecule has 0 spiro atoms. The molecular weight excluding hydrogens is 308 g/mol. The van der Waals surface area contributed by atoms with E-state index in [0.29, 0.717) is 24.3 Å². The highest BCUT2D eigenvalue weighted by molar-refractivity contribution is 8.00. The first-order valence-corrected chi connectivity index (χ1v) is 7.57. The van der Waals surface area contributed by atoms with Crippen LogP contribution in [0.25, 0.3) is 0 Å². The Morgan fingerprint density at radius 3 is 2.84 bits per heavy atom. The van der Waals surface area contributed by atoms with Gasteiger partial charge in [-0.05, 0) is 23.4 Å². The molecule has 0 unspecified atom stereocenters. The summed E-state index contributed by atoms with van der Waals surface area (Å²) in [6.45, 7) is 2.84. The summed E-state index contributed by atoms with van der Waals surface area (Å²) < 4.78 is 6.07. The van der Waals surface area contributed by atoms with Crippen LogP contribution in [-0.2, 0) is 4.74 Å². The smallest absolute Gasteiger partial charge is 0.230 e. The second-order valence-corrected chi connectivity index (χ2v) is 5.98. The molecule has 1 aliphatic rings. The third-order valence-corrected chi connectivity index (χ3v) is 4.20. The van der Waals surface area contributed by atoms with Crippen molar-refractivity contribution in [1.29, 1.82) is 0 Å². The highest BCUT2D eigenvalue weighted by atomic mass is 35.5. The summed E-state index contributed by atoms with van der Waals surface area (Å²) in [6, 6.07) is 0. The van der Waals surface area contributed by atoms with E-state index in [2.05, 4.69) is 25.1 Å². The number of hydrogen-bond donors (Lipinski definition) is 0. The molecule has 1 fully saturated rings. The minimum Gasteiger partial charge on any atom is -0.378 e. The standard InChI is InChI=1S/C9H9ClN6OS2/c10-6-12-7(16-1-3-17-4-2-16)14-8(13-6)19-9-15-11-5-18-9/h5H,1-4H2. The SMILES string of the molecule is Clc1nc(Sc2nncs2)nc(N2CCOCC2)n1. The molecule has 0 amide bonds. The van der Waals surface area contributed by atoms with Gasteiger partial charge in [-0.1, -0.05) is 11.3 Å². The Morgan fingerprint density at radius 1 is 1.26 bits per heavy atom. The molecule has 0 aliphatic carbocycles. The first-order valence-electron chi connectivity index (χ1n) is 5.49. The Bertz CT molecular complexity index is 548. The van der Waals surface area contributed by atoms with Crippen LogP contribution in [-0.4, -0.2) is 51.5 Å². The zero-order valence-corrected chi connectivity index (χ0v) is 12.1. The fraction of sp³-hybridized carbons (Fsp3) is 0.444. The summed E-state index contributed by atoms with van der Waals surface area (Å²) in [4.78, 5) is 14.7. The van der Waals surface area contributed by atoms with Crippen molar-refractivity contribution in [2.75, 3.05) is 31.2 Å². The van der Waals surface area contributed by atoms with Gasteiger partial charge in [-0.15, -0.1) is 10.2 Å². The van der Waals surface area contributed by atoms with E-state index in [9.17, 15) is 0 Å². The van der Waals surface area contributed by atoms with Gasteiger partial charge in [0.05, 0.1) is 13.2 Å². The molecule has 0 aromatic carbocycles. The van der Waals surface area contributed by atoms with Crippen LogP contribution in [0.1, 0.15) is 0 Å². The Balaban J connectivity index is 1.82. The van der Waals surface area contributed by atoms with Crippen molar-refractivity contribution in [1.82, 2.24) is 25.1 Å². The number of rotatable bonds is 3. The number of morpholine rings is 1. The van der Waals surface area contributed by atoms with Crippen LogP contribution in [0.2, 0.25) is 5.28 Å². The fourth-order valence-electron chi connectivity index (χ4n) is 1.56. The van der Waals surface area contributed by atoms with Crippen molar-refractivity contribution in [2.24, 2.45) is 0 Å². The molecule has 19 heavy (non-hydrogen) atoms. The van der Waals surface area contributed by atoms with E-state index in [4.69, 9.17) is 16.3 Å². The highest BCUT2D eigenvalue weighted by Gasteiger charge is 2.16. The summed E-state index contributed by atoms with van der Waals surface area (Å²) in [7, 11) is 0. The van der Waals surface area contributed by atoms with Crippen molar-refractivity contribution in [3.63, 3.8) is 0 Å². The number of hydrogen-bond acceptors (Lipinski definition) is 9. The molecule has 100 valence electrons. The van der Waals surface area contributed by atoms with Crippen LogP contribution in [0, 0.1) is 0 Å². The number of anilines is 1. The number of ether oxygens (including phenoxy) is 1. The van der Waals surface area contributed by atoms with Crippen LogP contribution in [0.5, 0.6) is 0 Å². The third-order valence-electron chi connectivity index (χ3n) is 2.39. The van der Waals surface area contributed by atoms with E-state index in [-0.39, 0.29) is 5.28 Å². The van der Waals surface area contributed by atoms with E-state index in [1.807, 2.05) is 4.90 Å². The largest absolute Gasteiger partial charge is 0.378 e. The van der Waals surface area contributed by atoms with Crippen LogP contribution < -0.4 is 4.90 Å². The maximum atomic E-state index is 5.94. The minimum absolute atomic E-state index is 0.184. The van der Waals surface area contributed by atoms with Crippen molar-refractivity contribution in [3.8, 4) is 0 Å². The van der Waals surface area contributed by atoms with Gasteiger partial charge in [0.15, 0.2) is 4.34 Å². The average molecular weight is 317 g/mol. The normalized spacial score (nSPS) is 15.7. The molecule has 0 radical (unpaired) electrons. The lowest BCUT2D eigenvalue weighted by Gasteiger charge is -2.26. The lowest BCUT2D eigenvalue weighted by molar-refractivity contribution is 0.122. The van der Waals surface area contributed by atoms with Gasteiger partial charge in [-0.3, -0.25) is 0 Å². The molecule has 3 heterocycles. The first-order chi connectivity index (χ1) is 9.31. The molecular formula is C9H9ClN6OS2. The molecule has 2 aromatic rings. The van der Waals surface area contributed by atoms with Crippen molar-refractivity contribution in [2.45, 2.75) is 9.50 Å². The molecule has 2 aromatic heterocycles. The molecule has 0 N–H and O–H groups in total. The maximum Gasteiger partial charge on any atom is 0.230 e. The number of nitrogens with zero attached hydrogens (tertiary/aromatic N) is 6. The van der Waals surface area contributed by atoms with Crippen LogP contribution in [0.3, 0.4) is 0 Å². The average Bonchev–Trinajstić information content (AvgIpc) is 2.92. The van der Waals surface area contributed by atoms with E-state index >= 15 is 0 Å². The van der Waals surface area contributed by atoms with Crippen LogP contribution in [0.4, 0.5) is 5.95 Å². The van der Waals surface area contributed by atoms with E-state index in [1.54, 1.807) is 5.51 Å². The molecule has 0 bridgehead atoms. The predicted molar refractivity (Wildman–Crippen MR) is 71.9 cm³/mol. The summed E-state index contributed by atoms with van der Waals surface area (Å²) >= 11 is 8.70. The monoisotopic (exact) mass is 316 g/mol. The Hall–Kier alpha value is -1.03. The lowest BCUT2D eigenvalue weighted by Crippen LogP contribution is -2.37. The van der Waals surface area contributed by atoms with Gasteiger partial charge >= 0.3 is 0 Å². The van der Waals surface area contributed by atoms with Crippen molar-refractivity contribution >= 4 is 40.6 Å². The minimum atomic E-state index is 0.184. The zero-order chi connectivity index (χ0) is 13.1. The van der Waals surface area contributed by atoms with Crippen molar-refractivity contribution in [3.05, 3.63) is 10.8 Å². The summed E-state index contributed by atoms with van der Waals surface area (Å²) in [5.41, 5.74) is 1.66. The molecule has 10 heteroatoms. The topological polar surface area (TPSA) is 76.9 Å². The molecule has 1 aliphatic heterocycles. The van der Waals surface area contributed by atoms with Gasteiger partial charge in [0, 0.05) is 13.1 Å². The van der Waals surface area contributed by atoms with Gasteiger partial charge in [-0.2, -0.15) is 15.0 Å². The van der Waals surface area contributed by atoms with Gasteiger partial charge in [0.25, 0.3) is 0 Å². The van der Waals surface area contributed by atoms with E-state index in [1.165, 1.54) is 23.1 Å². The van der Waals surface area contributed by atoms with Gasteiger partial charge in [0.1, 0.15) is 5.51 Å². The number of halogens is 1. The van der Waals surface area contributed by atoms with Crippen LogP contribution in [0.15, 0.2) is 15.0 Å². The summed E-state index contributed by atoms with van der Waals surface area (Å²) in [5, 5.41) is 8.42. The lowest BCUT2D eigenvalue weighted by atomic mass is 10.4. The summed E-state index contributed by atoms with van der Waals surface area (Å²) in [6.07, 6.45) is 0. The molecule has 1 saturated heterocycles. The predicted octanol–water partition coefficient (Wildman–Crippen LogP) is 1.36. The Morgan fingerprint density at radius 2 is 2.11 bits per heavy atom. The maximum absolute atomic E-state index is 5.94. The van der Waals surface area contributed by atoms with Crippen LogP contribution >= 0.6 is 34.7 Å². The summed E-state index contributed by atoms with van der Waals surface area (Å²) in [5.74, 6) is 0.579. The Kier molecular flexibility index (Phi) is 4.06. The molecule has 7 nitrogen and oxygen atoms in total. The molecule has 0 saturated carbocycles. The zero-order valence-electron chi connectivity index (χ0n) is 9.69.